The van der Waals surface area contributed by atoms with Gasteiger partial charge in [0.1, 0.15) is 5.03 Å². The van der Waals surface area contributed by atoms with Crippen LogP contribution in [0.1, 0.15) is 36.1 Å². The van der Waals surface area contributed by atoms with Crippen molar-refractivity contribution in [3.05, 3.63) is 53.2 Å². The van der Waals surface area contributed by atoms with Crippen LogP contribution in [0.5, 0.6) is 0 Å². The van der Waals surface area contributed by atoms with Crippen LogP contribution in [0.2, 0.25) is 0 Å². The van der Waals surface area contributed by atoms with Crippen LogP contribution in [0, 0.1) is 0 Å². The van der Waals surface area contributed by atoms with Crippen molar-refractivity contribution in [2.75, 3.05) is 0 Å². The monoisotopic (exact) mass is 271 g/mol. The lowest BCUT2D eigenvalue weighted by Gasteiger charge is -2.06. The van der Waals surface area contributed by atoms with E-state index in [4.69, 9.17) is 0 Å². The lowest BCUT2D eigenvalue weighted by atomic mass is 10.1. The number of nitrogens with zero attached hydrogens (tertiary/aromatic N) is 1. The molecule has 0 amide bonds. The number of aliphatic hydroxyl groups excluding tert-OH is 1. The van der Waals surface area contributed by atoms with Gasteiger partial charge in [-0.25, -0.2) is 4.98 Å². The summed E-state index contributed by atoms with van der Waals surface area (Å²) in [7, 11) is 0. The Kier molecular flexibility index (Phi) is 3.58. The molecule has 3 heteroatoms. The van der Waals surface area contributed by atoms with Gasteiger partial charge in [0.25, 0.3) is 0 Å². The highest BCUT2D eigenvalue weighted by atomic mass is 32.2. The van der Waals surface area contributed by atoms with Gasteiger partial charge in [-0.15, -0.1) is 0 Å². The van der Waals surface area contributed by atoms with Gasteiger partial charge in [-0.3, -0.25) is 0 Å². The van der Waals surface area contributed by atoms with E-state index in [1.807, 2.05) is 12.1 Å². The zero-order chi connectivity index (χ0) is 13.2. The molecular weight excluding hydrogens is 254 g/mol. The average molecular weight is 271 g/mol. The summed E-state index contributed by atoms with van der Waals surface area (Å²) >= 11 is 1.68. The summed E-state index contributed by atoms with van der Waals surface area (Å²) in [6.45, 7) is 1.75. The second-order valence-corrected chi connectivity index (χ2v) is 6.09. The second kappa shape index (κ2) is 5.35. The number of pyridine rings is 1. The highest BCUT2D eigenvalue weighted by Crippen LogP contribution is 2.31. The van der Waals surface area contributed by atoms with Crippen molar-refractivity contribution in [1.82, 2.24) is 4.98 Å². The summed E-state index contributed by atoms with van der Waals surface area (Å²) in [6.07, 6.45) is 5.01. The Labute approximate surface area is 117 Å². The van der Waals surface area contributed by atoms with Gasteiger partial charge in [-0.1, -0.05) is 23.9 Å². The number of aliphatic hydroxyl groups is 1. The van der Waals surface area contributed by atoms with E-state index >= 15 is 0 Å². The predicted molar refractivity (Wildman–Crippen MR) is 77.5 cm³/mol. The summed E-state index contributed by atoms with van der Waals surface area (Å²) in [5.41, 5.74) is 3.85. The molecular formula is C16H17NOS. The summed E-state index contributed by atoms with van der Waals surface area (Å²) in [4.78, 5) is 5.64. The zero-order valence-electron chi connectivity index (χ0n) is 11.0. The van der Waals surface area contributed by atoms with Crippen molar-refractivity contribution in [3.63, 3.8) is 0 Å². The molecule has 1 aliphatic rings. The summed E-state index contributed by atoms with van der Waals surface area (Å²) in [6, 6.07) is 10.6. The second-order valence-electron chi connectivity index (χ2n) is 4.99. The van der Waals surface area contributed by atoms with E-state index in [1.165, 1.54) is 35.3 Å². The standard InChI is InChI=1S/C16H17NOS/c1-11(18)14-6-8-16(17-10-14)19-15-7-5-12-3-2-4-13(12)9-15/h5-11,18H,2-4H2,1H3/t11-/m1/s1. The van der Waals surface area contributed by atoms with E-state index in [0.29, 0.717) is 0 Å². The molecule has 0 radical (unpaired) electrons. The third-order valence-electron chi connectivity index (χ3n) is 3.53. The molecule has 0 aliphatic heterocycles. The summed E-state index contributed by atoms with van der Waals surface area (Å²) in [5, 5.41) is 10.4. The van der Waals surface area contributed by atoms with Gasteiger partial charge in [-0.2, -0.15) is 0 Å². The average Bonchev–Trinajstić information content (AvgIpc) is 2.87. The van der Waals surface area contributed by atoms with Crippen LogP contribution in [-0.2, 0) is 12.8 Å². The van der Waals surface area contributed by atoms with E-state index in [9.17, 15) is 5.11 Å². The van der Waals surface area contributed by atoms with Crippen molar-refractivity contribution >= 4 is 11.8 Å². The molecule has 98 valence electrons. The Balaban J connectivity index is 1.77. The number of rotatable bonds is 3. The maximum Gasteiger partial charge on any atom is 0.101 e. The van der Waals surface area contributed by atoms with E-state index < -0.39 is 6.10 Å². The molecule has 0 bridgehead atoms. The molecule has 1 N–H and O–H groups in total. The number of hydrogen-bond acceptors (Lipinski definition) is 3. The third-order valence-corrected chi connectivity index (χ3v) is 4.47. The number of aryl methyl sites for hydroxylation is 2. The topological polar surface area (TPSA) is 33.1 Å². The fourth-order valence-corrected chi connectivity index (χ4v) is 3.25. The molecule has 0 saturated carbocycles. The van der Waals surface area contributed by atoms with E-state index in [2.05, 4.69) is 23.2 Å². The number of hydrogen-bond donors (Lipinski definition) is 1. The molecule has 2 nitrogen and oxygen atoms in total. The molecule has 3 rings (SSSR count). The Morgan fingerprint density at radius 2 is 2.00 bits per heavy atom. The quantitative estimate of drug-likeness (QED) is 0.922. The van der Waals surface area contributed by atoms with E-state index in [-0.39, 0.29) is 0 Å². The molecule has 1 atom stereocenters. The summed E-state index contributed by atoms with van der Waals surface area (Å²) in [5.74, 6) is 0. The molecule has 1 aromatic heterocycles. The lowest BCUT2D eigenvalue weighted by molar-refractivity contribution is 0.198. The first-order valence-electron chi connectivity index (χ1n) is 6.66. The highest BCUT2D eigenvalue weighted by Gasteiger charge is 2.11. The minimum Gasteiger partial charge on any atom is -0.389 e. The Hall–Kier alpha value is -1.32. The first-order chi connectivity index (χ1) is 9.22. The van der Waals surface area contributed by atoms with Gasteiger partial charge >= 0.3 is 0 Å². The molecule has 1 heterocycles. The normalized spacial score (nSPS) is 15.3. The fraction of sp³-hybridized carbons (Fsp3) is 0.312. The Morgan fingerprint density at radius 1 is 1.16 bits per heavy atom. The minimum atomic E-state index is -0.452. The minimum absolute atomic E-state index is 0.452. The van der Waals surface area contributed by atoms with Crippen LogP contribution in [0.25, 0.3) is 0 Å². The molecule has 1 aliphatic carbocycles. The van der Waals surface area contributed by atoms with E-state index in [1.54, 1.807) is 24.9 Å². The van der Waals surface area contributed by atoms with Crippen molar-refractivity contribution in [1.29, 1.82) is 0 Å². The first kappa shape index (κ1) is 12.7. The van der Waals surface area contributed by atoms with Gasteiger partial charge in [0.15, 0.2) is 0 Å². The molecule has 0 unspecified atom stereocenters. The van der Waals surface area contributed by atoms with E-state index in [0.717, 1.165) is 10.6 Å². The Bertz CT molecular complexity index is 578. The number of fused-ring (bicyclic) bond motifs is 1. The molecule has 0 spiro atoms. The number of benzene rings is 1. The van der Waals surface area contributed by atoms with Crippen molar-refractivity contribution in [2.45, 2.75) is 42.2 Å². The fourth-order valence-electron chi connectivity index (χ4n) is 2.43. The smallest absolute Gasteiger partial charge is 0.101 e. The maximum atomic E-state index is 9.46. The van der Waals surface area contributed by atoms with Crippen LogP contribution < -0.4 is 0 Å². The molecule has 2 aromatic rings. The molecule has 19 heavy (non-hydrogen) atoms. The third kappa shape index (κ3) is 2.82. The van der Waals surface area contributed by atoms with Crippen LogP contribution in [0.4, 0.5) is 0 Å². The molecule has 1 aromatic carbocycles. The molecule has 0 fully saturated rings. The molecule has 0 saturated heterocycles. The highest BCUT2D eigenvalue weighted by molar-refractivity contribution is 7.99. The van der Waals surface area contributed by atoms with Gasteiger partial charge in [0, 0.05) is 11.1 Å². The van der Waals surface area contributed by atoms with Crippen molar-refractivity contribution in [3.8, 4) is 0 Å². The van der Waals surface area contributed by atoms with Gasteiger partial charge < -0.3 is 5.11 Å². The van der Waals surface area contributed by atoms with Gasteiger partial charge in [0.2, 0.25) is 0 Å². The van der Waals surface area contributed by atoms with Crippen LogP contribution in [0.3, 0.4) is 0 Å². The van der Waals surface area contributed by atoms with Crippen molar-refractivity contribution in [2.24, 2.45) is 0 Å². The summed E-state index contributed by atoms with van der Waals surface area (Å²) < 4.78 is 0. The first-order valence-corrected chi connectivity index (χ1v) is 7.48. The zero-order valence-corrected chi connectivity index (χ0v) is 11.8. The van der Waals surface area contributed by atoms with Gasteiger partial charge in [0.05, 0.1) is 6.10 Å². The SMILES string of the molecule is C[C@@H](O)c1ccc(Sc2ccc3c(c2)CCC3)nc1. The predicted octanol–water partition coefficient (Wildman–Crippen LogP) is 3.77. The lowest BCUT2D eigenvalue weighted by Crippen LogP contribution is -1.92. The Morgan fingerprint density at radius 3 is 2.74 bits per heavy atom. The van der Waals surface area contributed by atoms with Gasteiger partial charge in [-0.05, 0) is 61.1 Å². The van der Waals surface area contributed by atoms with Crippen LogP contribution >= 0.6 is 11.8 Å². The van der Waals surface area contributed by atoms with Crippen LogP contribution in [0.15, 0.2) is 46.5 Å². The number of aromatic nitrogens is 1. The largest absolute Gasteiger partial charge is 0.389 e. The van der Waals surface area contributed by atoms with Crippen LogP contribution in [-0.4, -0.2) is 10.1 Å². The maximum absolute atomic E-state index is 9.46. The van der Waals surface area contributed by atoms with Crippen molar-refractivity contribution < 1.29 is 5.11 Å².